The first-order chi connectivity index (χ1) is 15.5. The Hall–Kier alpha value is -3.10. The Labute approximate surface area is 188 Å². The molecule has 2 N–H and O–H groups in total. The van der Waals surface area contributed by atoms with Gasteiger partial charge in [-0.25, -0.2) is 9.59 Å². The third kappa shape index (κ3) is 6.70. The van der Waals surface area contributed by atoms with Crippen LogP contribution in [0, 0.1) is 0 Å². The number of hydrogen-bond donors (Lipinski definition) is 2. The number of methoxy groups -OCH3 is 2. The number of rotatable bonds is 8. The van der Waals surface area contributed by atoms with Gasteiger partial charge in [-0.15, -0.1) is 0 Å². The van der Waals surface area contributed by atoms with Crippen molar-refractivity contribution in [1.82, 2.24) is 10.6 Å². The first-order valence-corrected chi connectivity index (χ1v) is 10.6. The highest BCUT2D eigenvalue weighted by Gasteiger charge is 2.43. The maximum absolute atomic E-state index is 12.5. The molecule has 1 saturated carbocycles. The van der Waals surface area contributed by atoms with Crippen molar-refractivity contribution in [3.05, 3.63) is 71.8 Å². The number of nitrogens with one attached hydrogen (secondary N) is 2. The van der Waals surface area contributed by atoms with E-state index in [1.807, 2.05) is 60.7 Å². The van der Waals surface area contributed by atoms with Gasteiger partial charge in [0.1, 0.15) is 13.2 Å². The molecule has 1 aliphatic carbocycles. The van der Waals surface area contributed by atoms with E-state index in [1.54, 1.807) is 14.2 Å². The van der Waals surface area contributed by atoms with E-state index in [0.29, 0.717) is 19.3 Å². The average Bonchev–Trinajstić information content (AvgIpc) is 2.84. The van der Waals surface area contributed by atoms with Crippen LogP contribution in [-0.2, 0) is 32.2 Å². The van der Waals surface area contributed by atoms with Crippen LogP contribution in [0.5, 0.6) is 0 Å². The molecule has 0 radical (unpaired) electrons. The lowest BCUT2D eigenvalue weighted by atomic mass is 9.85. The minimum absolute atomic E-state index is 0.149. The van der Waals surface area contributed by atoms with E-state index in [1.165, 1.54) is 0 Å². The zero-order valence-corrected chi connectivity index (χ0v) is 18.4. The molecule has 8 nitrogen and oxygen atoms in total. The molecule has 0 aliphatic heterocycles. The molecule has 1 aliphatic rings. The summed E-state index contributed by atoms with van der Waals surface area (Å²) in [5, 5.41) is 5.71. The van der Waals surface area contributed by atoms with Gasteiger partial charge in [0, 0.05) is 27.1 Å². The Kier molecular flexibility index (Phi) is 8.47. The second-order valence-electron chi connectivity index (χ2n) is 7.69. The molecule has 8 heteroatoms. The summed E-state index contributed by atoms with van der Waals surface area (Å²) in [6, 6.07) is 18.0. The van der Waals surface area contributed by atoms with E-state index in [-0.39, 0.29) is 19.3 Å². The Balaban J connectivity index is 1.58. The summed E-state index contributed by atoms with van der Waals surface area (Å²) in [7, 11) is 3.13. The smallest absolute Gasteiger partial charge is 0.407 e. The summed E-state index contributed by atoms with van der Waals surface area (Å²) in [5.41, 5.74) is 1.77. The standard InChI is InChI=1S/C24H30N2O6/c1-29-24(30-2)14-13-20(25-22(27)31-16-18-9-5-3-6-10-18)21(15-24)26-23(28)32-17-19-11-7-4-8-12-19/h3-12,20-21H,13-17H2,1-2H3,(H,25,27)(H,26,28)/t20-,21+/m0/s1. The second-order valence-corrected chi connectivity index (χ2v) is 7.69. The molecular formula is C24H30N2O6. The number of carbonyl (C=O) groups is 2. The van der Waals surface area contributed by atoms with E-state index >= 15 is 0 Å². The molecule has 0 aromatic heterocycles. The van der Waals surface area contributed by atoms with Crippen molar-refractivity contribution in [2.45, 2.75) is 50.3 Å². The molecule has 2 atom stereocenters. The van der Waals surface area contributed by atoms with Gasteiger partial charge in [0.25, 0.3) is 0 Å². The average molecular weight is 443 g/mol. The zero-order chi connectivity index (χ0) is 22.8. The fourth-order valence-electron chi connectivity index (χ4n) is 3.77. The summed E-state index contributed by atoms with van der Waals surface area (Å²) < 4.78 is 21.8. The molecule has 0 saturated heterocycles. The molecule has 1 fully saturated rings. The quantitative estimate of drug-likeness (QED) is 0.605. The molecule has 2 aromatic carbocycles. The van der Waals surface area contributed by atoms with Crippen LogP contribution in [0.25, 0.3) is 0 Å². The topological polar surface area (TPSA) is 95.1 Å². The van der Waals surface area contributed by atoms with E-state index in [9.17, 15) is 9.59 Å². The van der Waals surface area contributed by atoms with E-state index < -0.39 is 24.0 Å². The minimum Gasteiger partial charge on any atom is -0.445 e. The summed E-state index contributed by atoms with van der Waals surface area (Å²) in [6.07, 6.45) is 0.313. The van der Waals surface area contributed by atoms with Gasteiger partial charge >= 0.3 is 12.2 Å². The number of carbonyl (C=O) groups excluding carboxylic acids is 2. The van der Waals surface area contributed by atoms with Crippen LogP contribution in [0.3, 0.4) is 0 Å². The predicted molar refractivity (Wildman–Crippen MR) is 118 cm³/mol. The van der Waals surface area contributed by atoms with Crippen LogP contribution >= 0.6 is 0 Å². The van der Waals surface area contributed by atoms with Gasteiger partial charge in [-0.1, -0.05) is 60.7 Å². The third-order valence-corrected chi connectivity index (χ3v) is 5.63. The minimum atomic E-state index is -0.844. The fourth-order valence-corrected chi connectivity index (χ4v) is 3.77. The van der Waals surface area contributed by atoms with Crippen LogP contribution in [-0.4, -0.2) is 44.3 Å². The van der Waals surface area contributed by atoms with Crippen LogP contribution in [0.15, 0.2) is 60.7 Å². The SMILES string of the molecule is COC1(OC)CC[C@H](NC(=O)OCc2ccccc2)[C@H](NC(=O)OCc2ccccc2)C1. The molecule has 3 rings (SSSR count). The molecule has 172 valence electrons. The van der Waals surface area contributed by atoms with Crippen LogP contribution in [0.1, 0.15) is 30.4 Å². The first kappa shape index (κ1) is 23.6. The van der Waals surface area contributed by atoms with Crippen molar-refractivity contribution in [2.75, 3.05) is 14.2 Å². The molecule has 32 heavy (non-hydrogen) atoms. The van der Waals surface area contributed by atoms with Gasteiger partial charge in [0.15, 0.2) is 5.79 Å². The first-order valence-electron chi connectivity index (χ1n) is 10.6. The highest BCUT2D eigenvalue weighted by atomic mass is 16.7. The van der Waals surface area contributed by atoms with Crippen LogP contribution < -0.4 is 10.6 Å². The van der Waals surface area contributed by atoms with E-state index in [4.69, 9.17) is 18.9 Å². The van der Waals surface area contributed by atoms with E-state index in [0.717, 1.165) is 11.1 Å². The van der Waals surface area contributed by atoms with Gasteiger partial charge in [-0.2, -0.15) is 0 Å². The number of ether oxygens (including phenoxy) is 4. The maximum atomic E-state index is 12.5. The molecule has 0 bridgehead atoms. The van der Waals surface area contributed by atoms with E-state index in [2.05, 4.69) is 10.6 Å². The number of alkyl carbamates (subject to hydrolysis) is 2. The summed E-state index contributed by atoms with van der Waals surface area (Å²) in [4.78, 5) is 24.8. The highest BCUT2D eigenvalue weighted by molar-refractivity contribution is 5.69. The van der Waals surface area contributed by atoms with Crippen LogP contribution in [0.2, 0.25) is 0 Å². The maximum Gasteiger partial charge on any atom is 0.407 e. The van der Waals surface area contributed by atoms with Crippen molar-refractivity contribution < 1.29 is 28.5 Å². The second kappa shape index (κ2) is 11.5. The number of hydrogen-bond acceptors (Lipinski definition) is 6. The van der Waals surface area contributed by atoms with Crippen molar-refractivity contribution in [3.8, 4) is 0 Å². The lowest BCUT2D eigenvalue weighted by Crippen LogP contribution is -2.59. The predicted octanol–water partition coefficient (Wildman–Crippen LogP) is 3.75. The molecule has 0 heterocycles. The summed E-state index contributed by atoms with van der Waals surface area (Å²) in [6.45, 7) is 0.312. The van der Waals surface area contributed by atoms with Gasteiger partial charge < -0.3 is 29.6 Å². The van der Waals surface area contributed by atoms with Gasteiger partial charge in [-0.3, -0.25) is 0 Å². The summed E-state index contributed by atoms with van der Waals surface area (Å²) in [5.74, 6) is -0.844. The Morgan fingerprint density at radius 3 is 1.75 bits per heavy atom. The van der Waals surface area contributed by atoms with Crippen molar-refractivity contribution in [3.63, 3.8) is 0 Å². The molecule has 2 amide bonds. The Bertz CT molecular complexity index is 857. The molecule has 0 spiro atoms. The van der Waals surface area contributed by atoms with Gasteiger partial charge in [0.2, 0.25) is 0 Å². The normalized spacial score (nSPS) is 19.6. The number of amides is 2. The largest absolute Gasteiger partial charge is 0.445 e. The Morgan fingerprint density at radius 2 is 1.28 bits per heavy atom. The highest BCUT2D eigenvalue weighted by Crippen LogP contribution is 2.32. The molecular weight excluding hydrogens is 412 g/mol. The molecule has 0 unspecified atom stereocenters. The fraction of sp³-hybridized carbons (Fsp3) is 0.417. The monoisotopic (exact) mass is 442 g/mol. The number of benzene rings is 2. The summed E-state index contributed by atoms with van der Waals surface area (Å²) >= 11 is 0. The Morgan fingerprint density at radius 1 is 0.812 bits per heavy atom. The molecule has 2 aromatic rings. The lowest BCUT2D eigenvalue weighted by molar-refractivity contribution is -0.228. The van der Waals surface area contributed by atoms with Crippen molar-refractivity contribution >= 4 is 12.2 Å². The van der Waals surface area contributed by atoms with Crippen molar-refractivity contribution in [2.24, 2.45) is 0 Å². The van der Waals surface area contributed by atoms with Gasteiger partial charge in [-0.05, 0) is 17.5 Å². The van der Waals surface area contributed by atoms with Gasteiger partial charge in [0.05, 0.1) is 12.1 Å². The lowest BCUT2D eigenvalue weighted by Gasteiger charge is -2.42. The zero-order valence-electron chi connectivity index (χ0n) is 18.4. The van der Waals surface area contributed by atoms with Crippen molar-refractivity contribution in [1.29, 1.82) is 0 Å². The third-order valence-electron chi connectivity index (χ3n) is 5.63. The van der Waals surface area contributed by atoms with Crippen LogP contribution in [0.4, 0.5) is 9.59 Å².